The number of carbonyl (C=O) groups is 1. The molecule has 0 saturated carbocycles. The van der Waals surface area contributed by atoms with Gasteiger partial charge in [-0.2, -0.15) is 0 Å². The van der Waals surface area contributed by atoms with Crippen molar-refractivity contribution in [2.24, 2.45) is 5.92 Å². The number of Topliss-reactive ketones (excluding diaryl/α,β-unsaturated/α-hetero) is 1. The van der Waals surface area contributed by atoms with E-state index >= 15 is 0 Å². The summed E-state index contributed by atoms with van der Waals surface area (Å²) in [7, 11) is 0. The number of ether oxygens (including phenoxy) is 1. The largest absolute Gasteiger partial charge is 0.453 e. The molecule has 1 unspecified atom stereocenters. The molecule has 1 aromatic carbocycles. The number of rotatable bonds is 5. The lowest BCUT2D eigenvalue weighted by Crippen LogP contribution is -2.29. The van der Waals surface area contributed by atoms with Gasteiger partial charge in [-0.3, -0.25) is 4.79 Å². The van der Waals surface area contributed by atoms with Gasteiger partial charge >= 0.3 is 0 Å². The topological polar surface area (TPSA) is 39.4 Å². The number of furan rings is 1. The summed E-state index contributed by atoms with van der Waals surface area (Å²) in [5.41, 5.74) is 1.82. The average molecular weight is 260 g/mol. The molecule has 0 aliphatic carbocycles. The Hall–Kier alpha value is -1.61. The maximum atomic E-state index is 12.4. The minimum Gasteiger partial charge on any atom is -0.453 e. The second-order valence-electron chi connectivity index (χ2n) is 5.09. The minimum atomic E-state index is -0.439. The predicted molar refractivity (Wildman–Crippen MR) is 75.5 cm³/mol. The second-order valence-corrected chi connectivity index (χ2v) is 5.09. The predicted octanol–water partition coefficient (Wildman–Crippen LogP) is 3.99. The third-order valence-electron chi connectivity index (χ3n) is 3.19. The molecule has 3 heteroatoms. The lowest BCUT2D eigenvalue weighted by atomic mass is 10.0. The zero-order valence-electron chi connectivity index (χ0n) is 11.9. The van der Waals surface area contributed by atoms with Crippen molar-refractivity contribution in [3.8, 4) is 0 Å². The van der Waals surface area contributed by atoms with Gasteiger partial charge in [0.25, 0.3) is 0 Å². The summed E-state index contributed by atoms with van der Waals surface area (Å²) in [4.78, 5) is 12.4. The fraction of sp³-hybridized carbons (Fsp3) is 0.438. The van der Waals surface area contributed by atoms with Crippen LogP contribution in [0.2, 0.25) is 0 Å². The van der Waals surface area contributed by atoms with Crippen LogP contribution >= 0.6 is 0 Å². The lowest BCUT2D eigenvalue weighted by molar-refractivity contribution is 0.0259. The summed E-state index contributed by atoms with van der Waals surface area (Å²) in [6, 6.07) is 7.69. The monoisotopic (exact) mass is 260 g/mol. The summed E-state index contributed by atoms with van der Waals surface area (Å²) in [5.74, 6) is 0.436. The van der Waals surface area contributed by atoms with Crippen molar-refractivity contribution >= 4 is 16.8 Å². The van der Waals surface area contributed by atoms with Gasteiger partial charge in [0.1, 0.15) is 11.7 Å². The Balaban J connectivity index is 2.38. The molecule has 2 rings (SSSR count). The van der Waals surface area contributed by atoms with Crippen LogP contribution in [0.25, 0.3) is 11.0 Å². The van der Waals surface area contributed by atoms with Crippen LogP contribution in [0.15, 0.2) is 28.7 Å². The van der Waals surface area contributed by atoms with Crippen molar-refractivity contribution < 1.29 is 13.9 Å². The quantitative estimate of drug-likeness (QED) is 0.763. The van der Waals surface area contributed by atoms with E-state index in [-0.39, 0.29) is 11.7 Å². The van der Waals surface area contributed by atoms with E-state index in [4.69, 9.17) is 9.15 Å². The first-order valence-corrected chi connectivity index (χ1v) is 6.69. The van der Waals surface area contributed by atoms with Crippen LogP contribution in [-0.4, -0.2) is 18.5 Å². The molecule has 0 aliphatic rings. The molecule has 0 aliphatic heterocycles. The van der Waals surface area contributed by atoms with Gasteiger partial charge in [0.2, 0.25) is 5.78 Å². The van der Waals surface area contributed by atoms with Crippen LogP contribution in [0.5, 0.6) is 0 Å². The molecule has 1 heterocycles. The molecular weight excluding hydrogens is 240 g/mol. The fourth-order valence-electron chi connectivity index (χ4n) is 2.22. The van der Waals surface area contributed by atoms with E-state index in [9.17, 15) is 4.79 Å². The SMILES string of the molecule is CCOC(C(=O)c1cc2cccc(C)c2o1)C(C)C. The van der Waals surface area contributed by atoms with Crippen LogP contribution in [0.1, 0.15) is 36.9 Å². The van der Waals surface area contributed by atoms with Gasteiger partial charge in [-0.25, -0.2) is 0 Å². The van der Waals surface area contributed by atoms with E-state index in [1.54, 1.807) is 6.07 Å². The van der Waals surface area contributed by atoms with E-state index in [0.717, 1.165) is 16.5 Å². The Kier molecular flexibility index (Phi) is 4.05. The zero-order chi connectivity index (χ0) is 14.0. The zero-order valence-corrected chi connectivity index (χ0v) is 11.9. The first-order valence-electron chi connectivity index (χ1n) is 6.69. The minimum absolute atomic E-state index is 0.0764. The Morgan fingerprint density at radius 2 is 2.11 bits per heavy atom. The Morgan fingerprint density at radius 3 is 2.68 bits per heavy atom. The Bertz CT molecular complexity index is 581. The molecule has 1 atom stereocenters. The lowest BCUT2D eigenvalue weighted by Gasteiger charge is -2.17. The number of aryl methyl sites for hydroxylation is 1. The molecule has 0 spiro atoms. The summed E-state index contributed by atoms with van der Waals surface area (Å²) < 4.78 is 11.2. The Labute approximate surface area is 113 Å². The maximum Gasteiger partial charge on any atom is 0.226 e. The first kappa shape index (κ1) is 13.8. The van der Waals surface area contributed by atoms with Crippen LogP contribution in [0.3, 0.4) is 0 Å². The standard InChI is InChI=1S/C16H20O3/c1-5-18-15(10(2)3)14(17)13-9-12-8-6-7-11(4)16(12)19-13/h6-10,15H,5H2,1-4H3. The van der Waals surface area contributed by atoms with Crippen molar-refractivity contribution in [2.45, 2.75) is 33.8 Å². The smallest absolute Gasteiger partial charge is 0.226 e. The van der Waals surface area contributed by atoms with Crippen LogP contribution in [0, 0.1) is 12.8 Å². The van der Waals surface area contributed by atoms with Crippen molar-refractivity contribution in [3.05, 3.63) is 35.6 Å². The van der Waals surface area contributed by atoms with E-state index in [1.165, 1.54) is 0 Å². The summed E-state index contributed by atoms with van der Waals surface area (Å²) in [5, 5.41) is 0.961. The van der Waals surface area contributed by atoms with Gasteiger partial charge < -0.3 is 9.15 Å². The van der Waals surface area contributed by atoms with Crippen molar-refractivity contribution in [2.75, 3.05) is 6.61 Å². The molecule has 102 valence electrons. The van der Waals surface area contributed by atoms with E-state index < -0.39 is 6.10 Å². The molecule has 0 saturated heterocycles. The molecule has 19 heavy (non-hydrogen) atoms. The third kappa shape index (κ3) is 2.71. The van der Waals surface area contributed by atoms with Gasteiger partial charge in [-0.05, 0) is 31.4 Å². The van der Waals surface area contributed by atoms with Crippen LogP contribution < -0.4 is 0 Å². The second kappa shape index (κ2) is 5.57. The number of para-hydroxylation sites is 1. The molecule has 0 fully saturated rings. The molecule has 0 amide bonds. The average Bonchev–Trinajstić information content (AvgIpc) is 2.80. The highest BCUT2D eigenvalue weighted by Crippen LogP contribution is 2.25. The number of hydrogen-bond acceptors (Lipinski definition) is 3. The van der Waals surface area contributed by atoms with Gasteiger partial charge in [0.05, 0.1) is 0 Å². The van der Waals surface area contributed by atoms with E-state index in [0.29, 0.717) is 12.4 Å². The highest BCUT2D eigenvalue weighted by atomic mass is 16.5. The number of hydrogen-bond donors (Lipinski definition) is 0. The molecule has 0 N–H and O–H groups in total. The fourth-order valence-corrected chi connectivity index (χ4v) is 2.22. The summed E-state index contributed by atoms with van der Waals surface area (Å²) in [6.07, 6.45) is -0.439. The van der Waals surface area contributed by atoms with Crippen molar-refractivity contribution in [3.63, 3.8) is 0 Å². The molecule has 0 radical (unpaired) electrons. The highest BCUT2D eigenvalue weighted by Gasteiger charge is 2.26. The first-order chi connectivity index (χ1) is 9.04. The highest BCUT2D eigenvalue weighted by molar-refractivity contribution is 6.00. The summed E-state index contributed by atoms with van der Waals surface area (Å²) >= 11 is 0. The van der Waals surface area contributed by atoms with Gasteiger partial charge in [-0.1, -0.05) is 32.0 Å². The number of ketones is 1. The van der Waals surface area contributed by atoms with E-state index in [2.05, 4.69) is 0 Å². The van der Waals surface area contributed by atoms with Gasteiger partial charge in [-0.15, -0.1) is 0 Å². The molecule has 2 aromatic rings. The van der Waals surface area contributed by atoms with Gasteiger partial charge in [0.15, 0.2) is 5.76 Å². The molecule has 0 bridgehead atoms. The van der Waals surface area contributed by atoms with Crippen LogP contribution in [0.4, 0.5) is 0 Å². The molecular formula is C16H20O3. The Morgan fingerprint density at radius 1 is 1.37 bits per heavy atom. The molecule has 1 aromatic heterocycles. The summed E-state index contributed by atoms with van der Waals surface area (Å²) in [6.45, 7) is 8.35. The van der Waals surface area contributed by atoms with Gasteiger partial charge in [0, 0.05) is 12.0 Å². The van der Waals surface area contributed by atoms with Crippen LogP contribution in [-0.2, 0) is 4.74 Å². The van der Waals surface area contributed by atoms with Crippen molar-refractivity contribution in [1.82, 2.24) is 0 Å². The number of carbonyl (C=O) groups excluding carboxylic acids is 1. The van der Waals surface area contributed by atoms with Crippen molar-refractivity contribution in [1.29, 1.82) is 0 Å². The normalized spacial score (nSPS) is 13.1. The molecule has 3 nitrogen and oxygen atoms in total. The third-order valence-corrected chi connectivity index (χ3v) is 3.19. The number of fused-ring (bicyclic) bond motifs is 1. The maximum absolute atomic E-state index is 12.4. The van der Waals surface area contributed by atoms with E-state index in [1.807, 2.05) is 45.9 Å². The number of benzene rings is 1.